The number of halogens is 1. The molecule has 0 atom stereocenters. The monoisotopic (exact) mass is 347 g/mol. The highest BCUT2D eigenvalue weighted by molar-refractivity contribution is 14.0. The van der Waals surface area contributed by atoms with E-state index in [1.165, 1.54) is 0 Å². The molecule has 2 N–H and O–H groups in total. The third-order valence-electron chi connectivity index (χ3n) is 1.88. The summed E-state index contributed by atoms with van der Waals surface area (Å²) in [5, 5.41) is 10.2. The molecule has 0 saturated heterocycles. The van der Waals surface area contributed by atoms with Crippen molar-refractivity contribution in [3.05, 3.63) is 18.0 Å². The van der Waals surface area contributed by atoms with Gasteiger partial charge in [-0.3, -0.25) is 4.68 Å². The highest BCUT2D eigenvalue weighted by atomic mass is 127. The van der Waals surface area contributed by atoms with Gasteiger partial charge in [0.2, 0.25) is 0 Å². The molecule has 0 bridgehead atoms. The lowest BCUT2D eigenvalue weighted by molar-refractivity contribution is 0.766. The highest BCUT2D eigenvalue weighted by Crippen LogP contribution is 1.97. The van der Waals surface area contributed by atoms with Crippen LogP contribution in [0, 0.1) is 12.3 Å². The molecule has 0 aliphatic heterocycles. The smallest absolute Gasteiger partial charge is 0.192 e. The fourth-order valence-electron chi connectivity index (χ4n) is 1.20. The average Bonchev–Trinajstić information content (AvgIpc) is 2.68. The molecule has 0 saturated carbocycles. The Morgan fingerprint density at radius 1 is 1.59 bits per heavy atom. The Morgan fingerprint density at radius 2 is 2.35 bits per heavy atom. The summed E-state index contributed by atoms with van der Waals surface area (Å²) in [4.78, 5) is 4.38. The molecule has 0 unspecified atom stereocenters. The lowest BCUT2D eigenvalue weighted by atomic mass is 10.4. The average molecular weight is 347 g/mol. The van der Waals surface area contributed by atoms with Gasteiger partial charge >= 0.3 is 0 Å². The summed E-state index contributed by atoms with van der Waals surface area (Å²) < 4.78 is 1.76. The predicted molar refractivity (Wildman–Crippen MR) is 80.3 cm³/mol. The van der Waals surface area contributed by atoms with E-state index in [1.807, 2.05) is 20.2 Å². The molecule has 94 valence electrons. The minimum atomic E-state index is 0. The van der Waals surface area contributed by atoms with Crippen molar-refractivity contribution in [3.8, 4) is 12.3 Å². The van der Waals surface area contributed by atoms with E-state index < -0.39 is 0 Å². The molecule has 1 heterocycles. The van der Waals surface area contributed by atoms with E-state index in [-0.39, 0.29) is 24.0 Å². The quantitative estimate of drug-likeness (QED) is 0.365. The van der Waals surface area contributed by atoms with Gasteiger partial charge in [0.15, 0.2) is 5.96 Å². The van der Waals surface area contributed by atoms with Crippen LogP contribution in [0.3, 0.4) is 0 Å². The number of guanidine groups is 1. The van der Waals surface area contributed by atoms with E-state index >= 15 is 0 Å². The number of hydrogen-bond donors (Lipinski definition) is 2. The molecule has 0 amide bonds. The minimum Gasteiger partial charge on any atom is -0.357 e. The third-order valence-corrected chi connectivity index (χ3v) is 1.88. The van der Waals surface area contributed by atoms with Crippen molar-refractivity contribution in [1.29, 1.82) is 0 Å². The second-order valence-electron chi connectivity index (χ2n) is 3.28. The Bertz CT molecular complexity index is 391. The van der Waals surface area contributed by atoms with Gasteiger partial charge in [-0.25, -0.2) is 4.99 Å². The molecule has 0 fully saturated rings. The van der Waals surface area contributed by atoms with Crippen molar-refractivity contribution in [3.63, 3.8) is 0 Å². The second-order valence-corrected chi connectivity index (χ2v) is 3.28. The van der Waals surface area contributed by atoms with Crippen LogP contribution in [-0.4, -0.2) is 28.8 Å². The predicted octanol–water partition coefficient (Wildman–Crippen LogP) is 0.726. The fraction of sp³-hybridized carbons (Fsp3) is 0.455. The standard InChI is InChI=1S/C11H17N5.HI/c1-4-6-13-11(12-5-2)14-7-10-8-15-16(3)9-10;/h1,8-9H,5-7H2,2-3H3,(H2,12,13,14);1H. The zero-order valence-corrected chi connectivity index (χ0v) is 12.4. The zero-order valence-electron chi connectivity index (χ0n) is 10.1. The van der Waals surface area contributed by atoms with Crippen LogP contribution in [0.15, 0.2) is 17.4 Å². The Morgan fingerprint density at radius 3 is 2.88 bits per heavy atom. The maximum Gasteiger partial charge on any atom is 0.192 e. The number of hydrogen-bond acceptors (Lipinski definition) is 2. The van der Waals surface area contributed by atoms with Crippen molar-refractivity contribution in [1.82, 2.24) is 20.4 Å². The van der Waals surface area contributed by atoms with Crippen molar-refractivity contribution in [2.45, 2.75) is 13.5 Å². The fourth-order valence-corrected chi connectivity index (χ4v) is 1.20. The van der Waals surface area contributed by atoms with E-state index in [9.17, 15) is 0 Å². The summed E-state index contributed by atoms with van der Waals surface area (Å²) in [6, 6.07) is 0. The molecule has 0 aromatic carbocycles. The summed E-state index contributed by atoms with van der Waals surface area (Å²) in [6.07, 6.45) is 8.91. The summed E-state index contributed by atoms with van der Waals surface area (Å²) in [6.45, 7) is 3.88. The van der Waals surface area contributed by atoms with Crippen LogP contribution >= 0.6 is 24.0 Å². The van der Waals surface area contributed by atoms with Crippen LogP contribution in [0.25, 0.3) is 0 Å². The molecule has 0 spiro atoms. The second kappa shape index (κ2) is 8.87. The van der Waals surface area contributed by atoms with Crippen LogP contribution in [0.4, 0.5) is 0 Å². The Labute approximate surface area is 119 Å². The first kappa shape index (κ1) is 15.8. The van der Waals surface area contributed by atoms with Gasteiger partial charge in [0.25, 0.3) is 0 Å². The van der Waals surface area contributed by atoms with Gasteiger partial charge in [0.1, 0.15) is 0 Å². The topological polar surface area (TPSA) is 54.2 Å². The molecule has 1 aromatic rings. The molecule has 0 radical (unpaired) electrons. The number of aliphatic imine (C=N–C) groups is 1. The molecular formula is C11H18IN5. The van der Waals surface area contributed by atoms with Crippen LogP contribution < -0.4 is 10.6 Å². The Kier molecular flexibility index (Phi) is 8.23. The highest BCUT2D eigenvalue weighted by Gasteiger charge is 1.97. The number of aromatic nitrogens is 2. The van der Waals surface area contributed by atoms with E-state index in [0.717, 1.165) is 18.1 Å². The van der Waals surface area contributed by atoms with E-state index in [4.69, 9.17) is 6.42 Å². The first-order valence-corrected chi connectivity index (χ1v) is 5.19. The maximum absolute atomic E-state index is 5.17. The molecule has 1 aromatic heterocycles. The lowest BCUT2D eigenvalue weighted by Crippen LogP contribution is -2.37. The van der Waals surface area contributed by atoms with Crippen molar-refractivity contribution < 1.29 is 0 Å². The van der Waals surface area contributed by atoms with Crippen LogP contribution in [0.1, 0.15) is 12.5 Å². The molecule has 17 heavy (non-hydrogen) atoms. The van der Waals surface area contributed by atoms with Gasteiger partial charge < -0.3 is 10.6 Å². The van der Waals surface area contributed by atoms with E-state index in [1.54, 1.807) is 10.9 Å². The number of nitrogens with zero attached hydrogens (tertiary/aromatic N) is 3. The maximum atomic E-state index is 5.17. The minimum absolute atomic E-state index is 0. The zero-order chi connectivity index (χ0) is 11.8. The third kappa shape index (κ3) is 6.16. The summed E-state index contributed by atoms with van der Waals surface area (Å²) in [7, 11) is 1.88. The van der Waals surface area contributed by atoms with E-state index in [0.29, 0.717) is 13.1 Å². The van der Waals surface area contributed by atoms with Crippen molar-refractivity contribution in [2.75, 3.05) is 13.1 Å². The summed E-state index contributed by atoms with van der Waals surface area (Å²) >= 11 is 0. The molecule has 5 nitrogen and oxygen atoms in total. The molecular weight excluding hydrogens is 329 g/mol. The normalized spacial score (nSPS) is 10.3. The van der Waals surface area contributed by atoms with Crippen LogP contribution in [-0.2, 0) is 13.6 Å². The first-order valence-electron chi connectivity index (χ1n) is 5.19. The van der Waals surface area contributed by atoms with Gasteiger partial charge in [-0.1, -0.05) is 5.92 Å². The van der Waals surface area contributed by atoms with Gasteiger partial charge in [0.05, 0.1) is 19.3 Å². The summed E-state index contributed by atoms with van der Waals surface area (Å²) in [5.74, 6) is 3.24. The SMILES string of the molecule is C#CCNC(=NCc1cnn(C)c1)NCC.I. The van der Waals surface area contributed by atoms with Gasteiger partial charge in [-0.05, 0) is 6.92 Å². The Balaban J connectivity index is 0.00000256. The molecule has 1 rings (SSSR count). The molecule has 0 aliphatic carbocycles. The first-order chi connectivity index (χ1) is 7.76. The van der Waals surface area contributed by atoms with Gasteiger partial charge in [-0.15, -0.1) is 30.4 Å². The Hall–Kier alpha value is -1.23. The van der Waals surface area contributed by atoms with Gasteiger partial charge in [0, 0.05) is 25.4 Å². The lowest BCUT2D eigenvalue weighted by Gasteiger charge is -2.07. The largest absolute Gasteiger partial charge is 0.357 e. The summed E-state index contributed by atoms with van der Waals surface area (Å²) in [5.41, 5.74) is 1.07. The number of rotatable bonds is 4. The number of terminal acetylenes is 1. The molecule has 0 aliphatic rings. The van der Waals surface area contributed by atoms with Crippen molar-refractivity contribution >= 4 is 29.9 Å². The molecule has 6 heteroatoms. The van der Waals surface area contributed by atoms with Gasteiger partial charge in [-0.2, -0.15) is 5.10 Å². The number of aryl methyl sites for hydroxylation is 1. The van der Waals surface area contributed by atoms with Crippen molar-refractivity contribution in [2.24, 2.45) is 12.0 Å². The van der Waals surface area contributed by atoms with E-state index in [2.05, 4.69) is 26.6 Å². The van der Waals surface area contributed by atoms with Crippen LogP contribution in [0.2, 0.25) is 0 Å². The number of nitrogens with one attached hydrogen (secondary N) is 2. The van der Waals surface area contributed by atoms with Crippen LogP contribution in [0.5, 0.6) is 0 Å².